The summed E-state index contributed by atoms with van der Waals surface area (Å²) in [5.41, 5.74) is 1.86. The lowest BCUT2D eigenvalue weighted by Crippen LogP contribution is -2.40. The zero-order valence-electron chi connectivity index (χ0n) is 14.4. The van der Waals surface area contributed by atoms with E-state index in [0.29, 0.717) is 16.4 Å². The number of hydrogen-bond donors (Lipinski definition) is 0. The molecule has 0 N–H and O–H groups in total. The van der Waals surface area contributed by atoms with Crippen molar-refractivity contribution in [2.45, 2.75) is 45.1 Å². The molecule has 25 heavy (non-hydrogen) atoms. The van der Waals surface area contributed by atoms with Crippen LogP contribution in [0.3, 0.4) is 0 Å². The lowest BCUT2D eigenvalue weighted by atomic mass is 9.94. The van der Waals surface area contributed by atoms with Gasteiger partial charge in [-0.15, -0.1) is 0 Å². The molecule has 3 rings (SSSR count). The molecular formula is C18H19BrN2O3S. The van der Waals surface area contributed by atoms with Crippen molar-refractivity contribution in [3.05, 3.63) is 45.6 Å². The molecule has 2 aliphatic rings. The first-order valence-electron chi connectivity index (χ1n) is 8.05. The van der Waals surface area contributed by atoms with Crippen molar-refractivity contribution in [3.8, 4) is 0 Å². The standard InChI is InChI=1S/C18H19BrN2O3S/c1-9(2)24-17(23)14-10(3)20-18-21(16(22)11(4)25-18)15(14)12-6-5-7-13(19)8-12/h5-9,11,15H,1-4H3/t11-,15+/m1/s1. The number of esters is 1. The van der Waals surface area contributed by atoms with Gasteiger partial charge in [0.2, 0.25) is 5.91 Å². The van der Waals surface area contributed by atoms with Crippen LogP contribution in [0, 0.1) is 0 Å². The Bertz CT molecular complexity index is 803. The minimum atomic E-state index is -0.527. The fourth-order valence-electron chi connectivity index (χ4n) is 2.93. The van der Waals surface area contributed by atoms with Gasteiger partial charge in [-0.2, -0.15) is 0 Å². The minimum Gasteiger partial charge on any atom is -0.459 e. The third-order valence-corrected chi connectivity index (χ3v) is 5.53. The van der Waals surface area contributed by atoms with Crippen molar-refractivity contribution >= 4 is 44.7 Å². The number of amides is 1. The van der Waals surface area contributed by atoms with Crippen LogP contribution in [0.25, 0.3) is 0 Å². The van der Waals surface area contributed by atoms with E-state index in [4.69, 9.17) is 4.74 Å². The number of nitrogens with zero attached hydrogens (tertiary/aromatic N) is 2. The largest absolute Gasteiger partial charge is 0.459 e. The monoisotopic (exact) mass is 422 g/mol. The minimum absolute atomic E-state index is 0.0453. The quantitative estimate of drug-likeness (QED) is 0.689. The predicted molar refractivity (Wildman–Crippen MR) is 102 cm³/mol. The van der Waals surface area contributed by atoms with Crippen molar-refractivity contribution in [2.75, 3.05) is 0 Å². The lowest BCUT2D eigenvalue weighted by Gasteiger charge is -2.33. The number of fused-ring (bicyclic) bond motifs is 1. The van der Waals surface area contributed by atoms with Crippen molar-refractivity contribution < 1.29 is 14.3 Å². The molecule has 0 unspecified atom stereocenters. The second kappa shape index (κ2) is 6.96. The zero-order chi connectivity index (χ0) is 18.3. The summed E-state index contributed by atoms with van der Waals surface area (Å²) in [4.78, 5) is 31.6. The number of rotatable bonds is 3. The maximum Gasteiger partial charge on any atom is 0.338 e. The Labute approximate surface area is 159 Å². The van der Waals surface area contributed by atoms with Crippen LogP contribution in [0.5, 0.6) is 0 Å². The van der Waals surface area contributed by atoms with E-state index in [1.165, 1.54) is 11.8 Å². The first-order chi connectivity index (χ1) is 11.8. The molecule has 0 saturated carbocycles. The van der Waals surface area contributed by atoms with Gasteiger partial charge in [0.25, 0.3) is 0 Å². The first-order valence-corrected chi connectivity index (χ1v) is 9.72. The number of amidine groups is 1. The van der Waals surface area contributed by atoms with Gasteiger partial charge in [-0.25, -0.2) is 9.79 Å². The number of carbonyl (C=O) groups excluding carboxylic acids is 2. The second-order valence-corrected chi connectivity index (χ2v) is 8.50. The lowest BCUT2D eigenvalue weighted by molar-refractivity contribution is -0.143. The van der Waals surface area contributed by atoms with Gasteiger partial charge < -0.3 is 4.74 Å². The van der Waals surface area contributed by atoms with Crippen molar-refractivity contribution in [1.82, 2.24) is 4.90 Å². The van der Waals surface area contributed by atoms with Gasteiger partial charge in [-0.1, -0.05) is 39.8 Å². The molecule has 0 aliphatic carbocycles. The van der Waals surface area contributed by atoms with Crippen LogP contribution in [0.2, 0.25) is 0 Å². The molecule has 5 nitrogen and oxygen atoms in total. The van der Waals surface area contributed by atoms with E-state index in [1.54, 1.807) is 25.7 Å². The molecule has 1 amide bonds. The molecule has 0 aromatic heterocycles. The van der Waals surface area contributed by atoms with Crippen molar-refractivity contribution in [1.29, 1.82) is 0 Å². The zero-order valence-corrected chi connectivity index (χ0v) is 16.8. The average Bonchev–Trinajstić information content (AvgIpc) is 2.79. The molecule has 7 heteroatoms. The van der Waals surface area contributed by atoms with Gasteiger partial charge in [-0.05, 0) is 45.4 Å². The highest BCUT2D eigenvalue weighted by molar-refractivity contribution is 9.10. The number of hydrogen-bond acceptors (Lipinski definition) is 5. The van der Waals surface area contributed by atoms with E-state index in [2.05, 4.69) is 20.9 Å². The van der Waals surface area contributed by atoms with E-state index in [-0.39, 0.29) is 17.3 Å². The smallest absolute Gasteiger partial charge is 0.338 e. The van der Waals surface area contributed by atoms with Gasteiger partial charge in [0.05, 0.1) is 28.7 Å². The molecule has 2 atom stereocenters. The summed E-state index contributed by atoms with van der Waals surface area (Å²) >= 11 is 4.89. The van der Waals surface area contributed by atoms with Crippen LogP contribution in [-0.2, 0) is 14.3 Å². The molecule has 1 saturated heterocycles. The van der Waals surface area contributed by atoms with Gasteiger partial charge in [0.1, 0.15) is 0 Å². The molecule has 2 heterocycles. The number of benzene rings is 1. The number of halogens is 1. The van der Waals surface area contributed by atoms with Crippen LogP contribution in [-0.4, -0.2) is 33.3 Å². The highest BCUT2D eigenvalue weighted by atomic mass is 79.9. The molecular weight excluding hydrogens is 404 g/mol. The first kappa shape index (κ1) is 18.2. The number of aliphatic imine (C=N–C) groups is 1. The molecule has 0 bridgehead atoms. The molecule has 1 fully saturated rings. The summed E-state index contributed by atoms with van der Waals surface area (Å²) in [6.45, 7) is 7.25. The average molecular weight is 423 g/mol. The normalized spacial score (nSPS) is 23.0. The van der Waals surface area contributed by atoms with Crippen molar-refractivity contribution in [2.24, 2.45) is 4.99 Å². The number of allylic oxidation sites excluding steroid dienone is 1. The third-order valence-electron chi connectivity index (χ3n) is 3.99. The van der Waals surface area contributed by atoms with Crippen molar-refractivity contribution in [3.63, 3.8) is 0 Å². The fraction of sp³-hybridized carbons (Fsp3) is 0.389. The molecule has 1 aromatic rings. The van der Waals surface area contributed by atoms with Crippen LogP contribution in [0.4, 0.5) is 0 Å². The molecule has 2 aliphatic heterocycles. The van der Waals surface area contributed by atoms with E-state index < -0.39 is 12.0 Å². The number of thioether (sulfide) groups is 1. The number of carbonyl (C=O) groups is 2. The van der Waals surface area contributed by atoms with E-state index in [1.807, 2.05) is 31.2 Å². The van der Waals surface area contributed by atoms with Crippen LogP contribution in [0.15, 0.2) is 45.0 Å². The Morgan fingerprint density at radius 1 is 1.40 bits per heavy atom. The third kappa shape index (κ3) is 3.40. The summed E-state index contributed by atoms with van der Waals surface area (Å²) in [5, 5.41) is 0.419. The molecule has 0 spiro atoms. The Balaban J connectivity index is 2.14. The van der Waals surface area contributed by atoms with Gasteiger partial charge in [0.15, 0.2) is 5.17 Å². The Kier molecular flexibility index (Phi) is 5.06. The predicted octanol–water partition coefficient (Wildman–Crippen LogP) is 4.05. The Morgan fingerprint density at radius 2 is 2.12 bits per heavy atom. The summed E-state index contributed by atoms with van der Waals surface area (Å²) in [6.07, 6.45) is -0.246. The van der Waals surface area contributed by atoms with Gasteiger partial charge in [0, 0.05) is 4.47 Å². The van der Waals surface area contributed by atoms with Crippen LogP contribution < -0.4 is 0 Å². The summed E-state index contributed by atoms with van der Waals surface area (Å²) < 4.78 is 6.31. The molecule has 132 valence electrons. The fourth-order valence-corrected chi connectivity index (χ4v) is 4.38. The summed E-state index contributed by atoms with van der Waals surface area (Å²) in [7, 11) is 0. The molecule has 1 aromatic carbocycles. The second-order valence-electron chi connectivity index (χ2n) is 6.27. The van der Waals surface area contributed by atoms with Crippen LogP contribution in [0.1, 0.15) is 39.3 Å². The molecule has 0 radical (unpaired) electrons. The topological polar surface area (TPSA) is 59.0 Å². The van der Waals surface area contributed by atoms with Crippen LogP contribution >= 0.6 is 27.7 Å². The maximum absolute atomic E-state index is 12.8. The van der Waals surface area contributed by atoms with E-state index in [0.717, 1.165) is 10.0 Å². The Hall–Kier alpha value is -1.60. The van der Waals surface area contributed by atoms with Gasteiger partial charge >= 0.3 is 5.97 Å². The van der Waals surface area contributed by atoms with E-state index in [9.17, 15) is 9.59 Å². The Morgan fingerprint density at radius 3 is 2.76 bits per heavy atom. The maximum atomic E-state index is 12.8. The van der Waals surface area contributed by atoms with E-state index >= 15 is 0 Å². The SMILES string of the molecule is CC1=C(C(=O)OC(C)C)[C@H](c2cccc(Br)c2)N2C(=O)[C@@H](C)SC2=N1. The number of ether oxygens (including phenoxy) is 1. The summed E-state index contributed by atoms with van der Waals surface area (Å²) in [6, 6.07) is 7.11. The highest BCUT2D eigenvalue weighted by Crippen LogP contribution is 2.43. The summed E-state index contributed by atoms with van der Waals surface area (Å²) in [5.74, 6) is -0.478. The highest BCUT2D eigenvalue weighted by Gasteiger charge is 2.46. The van der Waals surface area contributed by atoms with Gasteiger partial charge in [-0.3, -0.25) is 9.69 Å².